The first-order valence-corrected chi connectivity index (χ1v) is 6.00. The number of hydrogen-bond donors (Lipinski definition) is 2. The molecule has 0 fully saturated rings. The van der Waals surface area contributed by atoms with Crippen molar-refractivity contribution in [3.05, 3.63) is 12.2 Å². The molecule has 0 amide bonds. The summed E-state index contributed by atoms with van der Waals surface area (Å²) in [6.07, 6.45) is -0.452. The largest absolute Gasteiger partial charge is 0.462 e. The molecular weight excluding hydrogens is 207 g/mol. The van der Waals surface area contributed by atoms with Gasteiger partial charge in [-0.15, -0.1) is 0 Å². The van der Waals surface area contributed by atoms with Crippen molar-refractivity contribution in [2.75, 3.05) is 12.8 Å². The second-order valence-corrected chi connectivity index (χ2v) is 4.08. The molecule has 0 aliphatic rings. The molecule has 0 radical (unpaired) electrons. The smallest absolute Gasteiger partial charge is 0.333 e. The second-order valence-electron chi connectivity index (χ2n) is 2.30. The number of carbonyl (C=O) groups excluding carboxylic acids is 1. The Morgan fingerprint density at radius 2 is 1.86 bits per heavy atom. The lowest BCUT2D eigenvalue weighted by Gasteiger charge is -2.04. The molecule has 84 valence electrons. The van der Waals surface area contributed by atoms with Crippen molar-refractivity contribution in [3.8, 4) is 0 Å². The SMILES string of the molecule is C=C(C)C(=O)OCCP(=O)(O)O.CC. The normalized spacial score (nSPS) is 9.79. The van der Waals surface area contributed by atoms with E-state index < -0.39 is 19.7 Å². The van der Waals surface area contributed by atoms with Crippen LogP contribution in [0, 0.1) is 0 Å². The van der Waals surface area contributed by atoms with Gasteiger partial charge in [0.2, 0.25) is 0 Å². The Bertz CT molecular complexity index is 230. The molecule has 0 aromatic carbocycles. The Kier molecular flexibility index (Phi) is 8.74. The van der Waals surface area contributed by atoms with Crippen LogP contribution in [0.25, 0.3) is 0 Å². The van der Waals surface area contributed by atoms with Crippen LogP contribution in [0.1, 0.15) is 20.8 Å². The number of esters is 1. The van der Waals surface area contributed by atoms with Crippen molar-refractivity contribution >= 4 is 13.6 Å². The highest BCUT2D eigenvalue weighted by atomic mass is 31.2. The van der Waals surface area contributed by atoms with E-state index in [0.717, 1.165) is 0 Å². The zero-order chi connectivity index (χ0) is 11.8. The summed E-state index contributed by atoms with van der Waals surface area (Å²) in [4.78, 5) is 27.4. The molecular formula is C8H17O5P. The molecule has 0 aromatic heterocycles. The molecule has 14 heavy (non-hydrogen) atoms. The first kappa shape index (κ1) is 15.8. The Morgan fingerprint density at radius 1 is 1.43 bits per heavy atom. The van der Waals surface area contributed by atoms with Crippen molar-refractivity contribution < 1.29 is 23.9 Å². The van der Waals surface area contributed by atoms with Crippen molar-refractivity contribution in [1.29, 1.82) is 0 Å². The summed E-state index contributed by atoms with van der Waals surface area (Å²) in [6, 6.07) is 0. The lowest BCUT2D eigenvalue weighted by Crippen LogP contribution is -2.09. The van der Waals surface area contributed by atoms with Crippen LogP contribution in [0.3, 0.4) is 0 Å². The van der Waals surface area contributed by atoms with E-state index in [0.29, 0.717) is 0 Å². The van der Waals surface area contributed by atoms with Crippen molar-refractivity contribution in [3.63, 3.8) is 0 Å². The maximum absolute atomic E-state index is 10.7. The van der Waals surface area contributed by atoms with E-state index in [2.05, 4.69) is 11.3 Å². The van der Waals surface area contributed by atoms with Gasteiger partial charge in [0.1, 0.15) is 6.61 Å². The highest BCUT2D eigenvalue weighted by molar-refractivity contribution is 7.51. The maximum atomic E-state index is 10.7. The molecule has 6 heteroatoms. The molecule has 5 nitrogen and oxygen atoms in total. The van der Waals surface area contributed by atoms with Crippen LogP contribution in [0.4, 0.5) is 0 Å². The Labute approximate surface area is 83.9 Å². The molecule has 0 saturated heterocycles. The maximum Gasteiger partial charge on any atom is 0.333 e. The minimum Gasteiger partial charge on any atom is -0.462 e. The molecule has 0 bridgehead atoms. The number of rotatable bonds is 4. The van der Waals surface area contributed by atoms with Crippen LogP contribution in [0.2, 0.25) is 0 Å². The molecule has 0 saturated carbocycles. The van der Waals surface area contributed by atoms with Gasteiger partial charge in [0.25, 0.3) is 0 Å². The fourth-order valence-corrected chi connectivity index (χ4v) is 0.710. The van der Waals surface area contributed by atoms with Gasteiger partial charge in [-0.3, -0.25) is 4.57 Å². The van der Waals surface area contributed by atoms with Gasteiger partial charge in [-0.25, -0.2) is 4.79 Å². The Hall–Kier alpha value is -0.640. The zero-order valence-electron chi connectivity index (χ0n) is 8.69. The summed E-state index contributed by atoms with van der Waals surface area (Å²) < 4.78 is 14.7. The third kappa shape index (κ3) is 11.4. The number of ether oxygens (including phenoxy) is 1. The van der Waals surface area contributed by atoms with Crippen molar-refractivity contribution in [2.24, 2.45) is 0 Å². The van der Waals surface area contributed by atoms with E-state index in [1.807, 2.05) is 13.8 Å². The monoisotopic (exact) mass is 224 g/mol. The molecule has 0 aromatic rings. The van der Waals surface area contributed by atoms with Gasteiger partial charge >= 0.3 is 13.6 Å². The van der Waals surface area contributed by atoms with Gasteiger partial charge in [-0.2, -0.15) is 0 Å². The molecule has 0 atom stereocenters. The first-order valence-electron chi connectivity index (χ1n) is 4.20. The van der Waals surface area contributed by atoms with Crippen LogP contribution in [0.15, 0.2) is 12.2 Å². The lowest BCUT2D eigenvalue weighted by atomic mass is 10.4. The summed E-state index contributed by atoms with van der Waals surface area (Å²) in [5, 5.41) is 0. The average molecular weight is 224 g/mol. The molecule has 0 spiro atoms. The Balaban J connectivity index is 0. The standard InChI is InChI=1S/C6H11O5P.C2H6/c1-5(2)6(7)11-3-4-12(8,9)10;1-2/h1,3-4H2,2H3,(H2,8,9,10);1-2H3. The molecule has 0 aliphatic heterocycles. The van der Waals surface area contributed by atoms with E-state index in [9.17, 15) is 9.36 Å². The van der Waals surface area contributed by atoms with Gasteiger partial charge in [-0.1, -0.05) is 20.4 Å². The highest BCUT2D eigenvalue weighted by Gasteiger charge is 2.13. The minimum atomic E-state index is -4.06. The summed E-state index contributed by atoms with van der Waals surface area (Å²) in [5.41, 5.74) is 0.209. The van der Waals surface area contributed by atoms with E-state index in [-0.39, 0.29) is 12.2 Å². The van der Waals surface area contributed by atoms with E-state index >= 15 is 0 Å². The van der Waals surface area contributed by atoms with Gasteiger partial charge in [0, 0.05) is 5.57 Å². The first-order chi connectivity index (χ1) is 6.33. The predicted molar refractivity (Wildman–Crippen MR) is 54.0 cm³/mol. The lowest BCUT2D eigenvalue weighted by molar-refractivity contribution is -0.138. The van der Waals surface area contributed by atoms with Crippen LogP contribution >= 0.6 is 7.60 Å². The van der Waals surface area contributed by atoms with Gasteiger partial charge in [0.05, 0.1) is 6.16 Å². The summed E-state index contributed by atoms with van der Waals surface area (Å²) in [5.74, 6) is -0.636. The van der Waals surface area contributed by atoms with Crippen molar-refractivity contribution in [2.45, 2.75) is 20.8 Å². The summed E-state index contributed by atoms with van der Waals surface area (Å²) in [7, 11) is -4.06. The fraction of sp³-hybridized carbons (Fsp3) is 0.625. The minimum absolute atomic E-state index is 0.209. The third-order valence-electron chi connectivity index (χ3n) is 0.964. The number of carbonyl (C=O) groups is 1. The highest BCUT2D eigenvalue weighted by Crippen LogP contribution is 2.33. The van der Waals surface area contributed by atoms with E-state index in [1.165, 1.54) is 6.92 Å². The molecule has 0 rings (SSSR count). The molecule has 0 heterocycles. The topological polar surface area (TPSA) is 83.8 Å². The van der Waals surface area contributed by atoms with E-state index in [1.54, 1.807) is 0 Å². The molecule has 0 aliphatic carbocycles. The predicted octanol–water partition coefficient (Wildman–Crippen LogP) is 1.31. The third-order valence-corrected chi connectivity index (χ3v) is 1.73. The van der Waals surface area contributed by atoms with Crippen molar-refractivity contribution in [1.82, 2.24) is 0 Å². The fourth-order valence-electron chi connectivity index (χ4n) is 0.380. The van der Waals surface area contributed by atoms with Gasteiger partial charge in [-0.05, 0) is 6.92 Å². The zero-order valence-corrected chi connectivity index (χ0v) is 9.58. The van der Waals surface area contributed by atoms with Gasteiger partial charge < -0.3 is 14.5 Å². The van der Waals surface area contributed by atoms with E-state index in [4.69, 9.17) is 9.79 Å². The Morgan fingerprint density at radius 3 is 2.14 bits per heavy atom. The number of hydrogen-bond acceptors (Lipinski definition) is 3. The molecule has 0 unspecified atom stereocenters. The van der Waals surface area contributed by atoms with Crippen LogP contribution in [-0.2, 0) is 14.1 Å². The van der Waals surface area contributed by atoms with Crippen LogP contribution in [-0.4, -0.2) is 28.5 Å². The molecule has 2 N–H and O–H groups in total. The van der Waals surface area contributed by atoms with Gasteiger partial charge in [0.15, 0.2) is 0 Å². The summed E-state index contributed by atoms with van der Waals surface area (Å²) >= 11 is 0. The quantitative estimate of drug-likeness (QED) is 0.427. The van der Waals surface area contributed by atoms with Crippen LogP contribution < -0.4 is 0 Å². The van der Waals surface area contributed by atoms with Crippen LogP contribution in [0.5, 0.6) is 0 Å². The summed E-state index contributed by atoms with van der Waals surface area (Å²) in [6.45, 7) is 8.48. The average Bonchev–Trinajstić information content (AvgIpc) is 2.05. The second kappa shape index (κ2) is 7.74.